The summed E-state index contributed by atoms with van der Waals surface area (Å²) in [5.41, 5.74) is 2.18. The second kappa shape index (κ2) is 13.1. The molecule has 1 fully saturated rings. The van der Waals surface area contributed by atoms with Crippen molar-refractivity contribution in [3.63, 3.8) is 0 Å². The lowest BCUT2D eigenvalue weighted by molar-refractivity contribution is -0.132. The molecule has 2 aliphatic heterocycles. The van der Waals surface area contributed by atoms with Gasteiger partial charge < -0.3 is 33.6 Å². The molecule has 0 spiro atoms. The second-order valence-electron chi connectivity index (χ2n) is 10.5. The summed E-state index contributed by atoms with van der Waals surface area (Å²) >= 11 is 0. The average Bonchev–Trinajstić information content (AvgIpc) is 3.56. The number of amides is 2. The molecule has 3 aromatic carbocycles. The Morgan fingerprint density at radius 1 is 0.867 bits per heavy atom. The van der Waals surface area contributed by atoms with E-state index in [9.17, 15) is 14.0 Å². The van der Waals surface area contributed by atoms with Crippen LogP contribution in [-0.4, -0.2) is 85.5 Å². The van der Waals surface area contributed by atoms with E-state index in [1.807, 2.05) is 30.3 Å². The zero-order valence-electron chi connectivity index (χ0n) is 24.9. The van der Waals surface area contributed by atoms with Crippen molar-refractivity contribution in [2.75, 3.05) is 58.6 Å². The summed E-state index contributed by atoms with van der Waals surface area (Å²) < 4.78 is 36.2. The number of halogens is 1. The Hall–Kier alpha value is -5.39. The predicted molar refractivity (Wildman–Crippen MR) is 163 cm³/mol. The molecule has 0 bridgehead atoms. The van der Waals surface area contributed by atoms with Crippen LogP contribution < -0.4 is 23.8 Å². The summed E-state index contributed by atoms with van der Waals surface area (Å²) in [4.78, 5) is 32.1. The van der Waals surface area contributed by atoms with Crippen LogP contribution in [0.1, 0.15) is 15.9 Å². The third kappa shape index (κ3) is 6.44. The van der Waals surface area contributed by atoms with Gasteiger partial charge in [-0.15, -0.1) is 10.2 Å². The van der Waals surface area contributed by atoms with Crippen molar-refractivity contribution < 1.29 is 32.9 Å². The standard InChI is InChI=1S/C33H32FN5O6/c1-42-27-11-8-23(18-29(27)43-2)26-9-12-31(36-35-26)37-13-15-38(16-14-37)32(40)20-39(33(41)24-5-3-4-6-25(24)34)19-22-7-10-28-30(17-22)45-21-44-28/h3-12,17-18H,13-16,19-21H2,1-2H3. The lowest BCUT2D eigenvalue weighted by Crippen LogP contribution is -2.52. The van der Waals surface area contributed by atoms with Crippen molar-refractivity contribution in [1.29, 1.82) is 0 Å². The summed E-state index contributed by atoms with van der Waals surface area (Å²) in [5.74, 6) is 1.67. The van der Waals surface area contributed by atoms with Gasteiger partial charge in [0.05, 0.1) is 25.5 Å². The van der Waals surface area contributed by atoms with Crippen molar-refractivity contribution in [2.24, 2.45) is 0 Å². The van der Waals surface area contributed by atoms with Crippen molar-refractivity contribution in [3.05, 3.63) is 89.7 Å². The molecule has 2 aliphatic rings. The van der Waals surface area contributed by atoms with Gasteiger partial charge in [-0.05, 0) is 60.2 Å². The first-order chi connectivity index (χ1) is 21.9. The number of nitrogens with zero attached hydrogens (tertiary/aromatic N) is 5. The Kier molecular flexibility index (Phi) is 8.63. The number of hydrogen-bond donors (Lipinski definition) is 0. The van der Waals surface area contributed by atoms with E-state index >= 15 is 0 Å². The number of carbonyl (C=O) groups excluding carboxylic acids is 2. The lowest BCUT2D eigenvalue weighted by atomic mass is 10.1. The minimum Gasteiger partial charge on any atom is -0.493 e. The highest BCUT2D eigenvalue weighted by Gasteiger charge is 2.28. The molecule has 0 aliphatic carbocycles. The SMILES string of the molecule is COc1ccc(-c2ccc(N3CCN(C(=O)CN(Cc4ccc5c(c4)OCO5)C(=O)c4ccccc4F)CC3)nn2)cc1OC. The maximum absolute atomic E-state index is 14.6. The number of anilines is 1. The van der Waals surface area contributed by atoms with Crippen LogP contribution in [0.2, 0.25) is 0 Å². The fourth-order valence-electron chi connectivity index (χ4n) is 5.36. The zero-order valence-corrected chi connectivity index (χ0v) is 24.9. The third-order valence-electron chi connectivity index (χ3n) is 7.81. The molecule has 1 aromatic heterocycles. The van der Waals surface area contributed by atoms with Gasteiger partial charge in [-0.2, -0.15) is 0 Å². The number of aromatic nitrogens is 2. The van der Waals surface area contributed by atoms with Crippen LogP contribution in [0, 0.1) is 5.82 Å². The van der Waals surface area contributed by atoms with E-state index in [1.165, 1.54) is 23.1 Å². The largest absolute Gasteiger partial charge is 0.493 e. The summed E-state index contributed by atoms with van der Waals surface area (Å²) in [5, 5.41) is 8.83. The lowest BCUT2D eigenvalue weighted by Gasteiger charge is -2.36. The molecule has 0 saturated carbocycles. The Morgan fingerprint density at radius 2 is 1.64 bits per heavy atom. The minimum absolute atomic E-state index is 0.0917. The first-order valence-corrected chi connectivity index (χ1v) is 14.4. The first kappa shape index (κ1) is 29.7. The fraction of sp³-hybridized carbons (Fsp3) is 0.273. The number of fused-ring (bicyclic) bond motifs is 1. The summed E-state index contributed by atoms with van der Waals surface area (Å²) in [6, 6.07) is 20.4. The van der Waals surface area contributed by atoms with Gasteiger partial charge in [0.25, 0.3) is 5.91 Å². The molecular weight excluding hydrogens is 581 g/mol. The van der Waals surface area contributed by atoms with Gasteiger partial charge in [0.1, 0.15) is 12.4 Å². The van der Waals surface area contributed by atoms with Gasteiger partial charge in [0.15, 0.2) is 28.8 Å². The second-order valence-corrected chi connectivity index (χ2v) is 10.5. The number of benzene rings is 3. The molecule has 232 valence electrons. The van der Waals surface area contributed by atoms with E-state index < -0.39 is 11.7 Å². The molecule has 0 atom stereocenters. The van der Waals surface area contributed by atoms with Gasteiger partial charge >= 0.3 is 0 Å². The van der Waals surface area contributed by atoms with Crippen molar-refractivity contribution in [2.45, 2.75) is 6.54 Å². The van der Waals surface area contributed by atoms with Crippen LogP contribution in [0.3, 0.4) is 0 Å². The van der Waals surface area contributed by atoms with Crippen molar-refractivity contribution >= 4 is 17.6 Å². The van der Waals surface area contributed by atoms with Crippen LogP contribution in [0.25, 0.3) is 11.3 Å². The summed E-state index contributed by atoms with van der Waals surface area (Å²) in [6.45, 7) is 1.96. The quantitative estimate of drug-likeness (QED) is 0.277. The monoisotopic (exact) mass is 613 g/mol. The number of ether oxygens (including phenoxy) is 4. The molecule has 1 saturated heterocycles. The van der Waals surface area contributed by atoms with E-state index in [1.54, 1.807) is 43.4 Å². The molecule has 6 rings (SSSR count). The molecule has 11 nitrogen and oxygen atoms in total. The summed E-state index contributed by atoms with van der Waals surface area (Å²) in [7, 11) is 3.17. The molecule has 4 aromatic rings. The Bertz CT molecular complexity index is 1690. The molecule has 3 heterocycles. The molecule has 12 heteroatoms. The topological polar surface area (TPSA) is 107 Å². The van der Waals surface area contributed by atoms with Gasteiger partial charge in [0, 0.05) is 38.3 Å². The van der Waals surface area contributed by atoms with Crippen LogP contribution in [0.5, 0.6) is 23.0 Å². The predicted octanol–water partition coefficient (Wildman–Crippen LogP) is 4.02. The van der Waals surface area contributed by atoms with E-state index in [4.69, 9.17) is 18.9 Å². The van der Waals surface area contributed by atoms with Gasteiger partial charge in [-0.1, -0.05) is 18.2 Å². The molecule has 0 unspecified atom stereocenters. The Balaban J connectivity index is 1.11. The number of methoxy groups -OCH3 is 2. The van der Waals surface area contributed by atoms with E-state index in [0.29, 0.717) is 60.7 Å². The van der Waals surface area contributed by atoms with Crippen molar-refractivity contribution in [3.8, 4) is 34.3 Å². The summed E-state index contributed by atoms with van der Waals surface area (Å²) in [6.07, 6.45) is 0. The van der Waals surface area contributed by atoms with Gasteiger partial charge in [-0.25, -0.2) is 4.39 Å². The number of carbonyl (C=O) groups is 2. The zero-order chi connectivity index (χ0) is 31.3. The first-order valence-electron chi connectivity index (χ1n) is 14.4. The third-order valence-corrected chi connectivity index (χ3v) is 7.81. The van der Waals surface area contributed by atoms with Gasteiger partial charge in [0.2, 0.25) is 12.7 Å². The average molecular weight is 614 g/mol. The number of rotatable bonds is 9. The fourth-order valence-corrected chi connectivity index (χ4v) is 5.36. The highest BCUT2D eigenvalue weighted by atomic mass is 19.1. The minimum atomic E-state index is -0.641. The molecule has 2 amide bonds. The number of hydrogen-bond acceptors (Lipinski definition) is 9. The Morgan fingerprint density at radius 3 is 2.38 bits per heavy atom. The normalized spacial score (nSPS) is 13.8. The molecular formula is C33H32FN5O6. The number of piperazine rings is 1. The van der Waals surface area contributed by atoms with Crippen LogP contribution in [0.15, 0.2) is 72.8 Å². The Labute approximate surface area is 259 Å². The maximum atomic E-state index is 14.6. The highest BCUT2D eigenvalue weighted by Crippen LogP contribution is 2.33. The van der Waals surface area contributed by atoms with Crippen LogP contribution in [0.4, 0.5) is 10.2 Å². The van der Waals surface area contributed by atoms with E-state index in [2.05, 4.69) is 15.1 Å². The van der Waals surface area contributed by atoms with Crippen LogP contribution in [-0.2, 0) is 11.3 Å². The van der Waals surface area contributed by atoms with Crippen LogP contribution >= 0.6 is 0 Å². The molecule has 0 radical (unpaired) electrons. The molecule has 0 N–H and O–H groups in total. The highest BCUT2D eigenvalue weighted by molar-refractivity contribution is 5.96. The van der Waals surface area contributed by atoms with Gasteiger partial charge in [-0.3, -0.25) is 9.59 Å². The smallest absolute Gasteiger partial charge is 0.257 e. The molecule has 45 heavy (non-hydrogen) atoms. The maximum Gasteiger partial charge on any atom is 0.257 e. The van der Waals surface area contributed by atoms with E-state index in [0.717, 1.165) is 11.1 Å². The van der Waals surface area contributed by atoms with Crippen molar-refractivity contribution in [1.82, 2.24) is 20.0 Å². The van der Waals surface area contributed by atoms with E-state index in [-0.39, 0.29) is 31.4 Å².